The van der Waals surface area contributed by atoms with Gasteiger partial charge in [-0.05, 0) is 68.8 Å². The first kappa shape index (κ1) is 21.9. The van der Waals surface area contributed by atoms with Crippen LogP contribution in [-0.4, -0.2) is 33.1 Å². The molecule has 1 saturated heterocycles. The van der Waals surface area contributed by atoms with E-state index in [0.717, 1.165) is 44.3 Å². The fraction of sp³-hybridized carbons (Fsp3) is 0.240. The second-order valence-electron chi connectivity index (χ2n) is 8.17. The van der Waals surface area contributed by atoms with Gasteiger partial charge in [-0.2, -0.15) is 0 Å². The number of aryl methyl sites for hydroxylation is 1. The van der Waals surface area contributed by atoms with Gasteiger partial charge in [0.25, 0.3) is 11.1 Å². The number of nitrogens with zero attached hydrogens (tertiary/aromatic N) is 2. The molecule has 1 N–H and O–H groups in total. The number of anilines is 1. The lowest BCUT2D eigenvalue weighted by Crippen LogP contribution is -2.36. The van der Waals surface area contributed by atoms with Gasteiger partial charge >= 0.3 is 0 Å². The van der Waals surface area contributed by atoms with Crippen molar-refractivity contribution in [1.82, 2.24) is 9.47 Å². The summed E-state index contributed by atoms with van der Waals surface area (Å²) in [5.74, 6) is -0.851. The Balaban J connectivity index is 1.56. The quantitative estimate of drug-likeness (QED) is 0.523. The van der Waals surface area contributed by atoms with Crippen molar-refractivity contribution in [2.45, 2.75) is 33.7 Å². The lowest BCUT2D eigenvalue weighted by Gasteiger charge is -2.14. The molecule has 0 saturated carbocycles. The van der Waals surface area contributed by atoms with Crippen molar-refractivity contribution in [3.63, 3.8) is 0 Å². The van der Waals surface area contributed by atoms with Gasteiger partial charge in [0.1, 0.15) is 6.54 Å². The maximum absolute atomic E-state index is 12.9. The van der Waals surface area contributed by atoms with Gasteiger partial charge < -0.3 is 9.88 Å². The van der Waals surface area contributed by atoms with E-state index >= 15 is 0 Å². The first-order chi connectivity index (χ1) is 15.3. The van der Waals surface area contributed by atoms with Crippen LogP contribution >= 0.6 is 11.8 Å². The molecule has 2 heterocycles. The van der Waals surface area contributed by atoms with E-state index in [9.17, 15) is 14.4 Å². The third-order valence-corrected chi connectivity index (χ3v) is 6.58. The lowest BCUT2D eigenvalue weighted by molar-refractivity contribution is -0.127. The summed E-state index contributed by atoms with van der Waals surface area (Å²) in [6.45, 7) is 7.75. The number of benzene rings is 2. The number of para-hydroxylation sites is 1. The molecule has 0 atom stereocenters. The maximum Gasteiger partial charge on any atom is 0.294 e. The molecule has 1 aliphatic rings. The van der Waals surface area contributed by atoms with Crippen LogP contribution in [-0.2, 0) is 9.59 Å². The van der Waals surface area contributed by atoms with Gasteiger partial charge in [0.2, 0.25) is 5.91 Å². The molecule has 1 aromatic heterocycles. The zero-order valence-electron chi connectivity index (χ0n) is 18.5. The van der Waals surface area contributed by atoms with Crippen LogP contribution in [0.3, 0.4) is 0 Å². The predicted octanol–water partition coefficient (Wildman–Crippen LogP) is 5.51. The zero-order chi connectivity index (χ0) is 23.0. The molecule has 0 bridgehead atoms. The number of imide groups is 1. The number of hydrogen-bond donors (Lipinski definition) is 1. The van der Waals surface area contributed by atoms with Gasteiger partial charge in [0.05, 0.1) is 4.91 Å². The zero-order valence-corrected chi connectivity index (χ0v) is 19.3. The van der Waals surface area contributed by atoms with Crippen molar-refractivity contribution in [3.05, 3.63) is 70.3 Å². The van der Waals surface area contributed by atoms with E-state index in [0.29, 0.717) is 10.6 Å². The van der Waals surface area contributed by atoms with Crippen LogP contribution in [0, 0.1) is 13.8 Å². The highest BCUT2D eigenvalue weighted by Crippen LogP contribution is 2.34. The summed E-state index contributed by atoms with van der Waals surface area (Å²) in [4.78, 5) is 39.3. The number of thioether (sulfide) groups is 1. The van der Waals surface area contributed by atoms with Gasteiger partial charge in [-0.3, -0.25) is 19.3 Å². The van der Waals surface area contributed by atoms with Crippen LogP contribution in [0.1, 0.15) is 36.6 Å². The van der Waals surface area contributed by atoms with Crippen molar-refractivity contribution in [2.24, 2.45) is 0 Å². The number of nitrogens with one attached hydrogen (secondary N) is 1. The third-order valence-electron chi connectivity index (χ3n) is 5.67. The van der Waals surface area contributed by atoms with Crippen LogP contribution in [0.4, 0.5) is 10.5 Å². The summed E-state index contributed by atoms with van der Waals surface area (Å²) >= 11 is 0.866. The van der Waals surface area contributed by atoms with Crippen LogP contribution in [0.5, 0.6) is 0 Å². The molecule has 32 heavy (non-hydrogen) atoms. The third kappa shape index (κ3) is 4.08. The number of amides is 3. The molecule has 6 nitrogen and oxygen atoms in total. The van der Waals surface area contributed by atoms with E-state index in [2.05, 4.69) is 23.7 Å². The number of hydrogen-bond acceptors (Lipinski definition) is 4. The molecule has 3 amide bonds. The normalized spacial score (nSPS) is 15.4. The molecule has 4 rings (SSSR count). The summed E-state index contributed by atoms with van der Waals surface area (Å²) < 4.78 is 2.14. The number of rotatable bonds is 5. The molecular weight excluding hydrogens is 422 g/mol. The Morgan fingerprint density at radius 2 is 1.84 bits per heavy atom. The first-order valence-corrected chi connectivity index (χ1v) is 11.3. The van der Waals surface area contributed by atoms with E-state index in [1.54, 1.807) is 12.1 Å². The fourth-order valence-electron chi connectivity index (χ4n) is 3.77. The smallest absolute Gasteiger partial charge is 0.294 e. The van der Waals surface area contributed by atoms with E-state index < -0.39 is 17.1 Å². The standard InChI is InChI=1S/C25H25N3O3S/c1-15(2)27-13-18(19-9-5-6-11-21(19)27)12-22-24(30)28(25(31)32-22)14-23(29)26-20-10-7-8-16(3)17(20)4/h5-13,15H,14H2,1-4H3,(H,26,29)/b22-12+. The van der Waals surface area contributed by atoms with Crippen molar-refractivity contribution < 1.29 is 14.4 Å². The second kappa shape index (κ2) is 8.67. The van der Waals surface area contributed by atoms with Crippen LogP contribution in [0.2, 0.25) is 0 Å². The van der Waals surface area contributed by atoms with E-state index in [1.165, 1.54) is 0 Å². The molecule has 3 aromatic rings. The van der Waals surface area contributed by atoms with Gasteiger partial charge in [-0.1, -0.05) is 30.3 Å². The summed E-state index contributed by atoms with van der Waals surface area (Å²) in [6, 6.07) is 13.8. The topological polar surface area (TPSA) is 71.4 Å². The molecule has 1 fully saturated rings. The largest absolute Gasteiger partial charge is 0.344 e. The van der Waals surface area contributed by atoms with Crippen molar-refractivity contribution in [1.29, 1.82) is 0 Å². The Morgan fingerprint density at radius 3 is 2.59 bits per heavy atom. The summed E-state index contributed by atoms with van der Waals surface area (Å²) in [5, 5.41) is 3.38. The Hall–Kier alpha value is -3.32. The fourth-order valence-corrected chi connectivity index (χ4v) is 4.60. The van der Waals surface area contributed by atoms with E-state index in [-0.39, 0.29) is 12.6 Å². The molecule has 164 valence electrons. The Labute approximate surface area is 191 Å². The van der Waals surface area contributed by atoms with Crippen molar-refractivity contribution in [3.8, 4) is 0 Å². The Bertz CT molecular complexity index is 1270. The molecular formula is C25H25N3O3S. The molecule has 1 aliphatic heterocycles. The Kier molecular flexibility index (Phi) is 5.93. The monoisotopic (exact) mass is 447 g/mol. The number of carbonyl (C=O) groups excluding carboxylic acids is 3. The van der Waals surface area contributed by atoms with Crippen molar-refractivity contribution in [2.75, 3.05) is 11.9 Å². The number of carbonyl (C=O) groups is 3. The predicted molar refractivity (Wildman–Crippen MR) is 130 cm³/mol. The van der Waals surface area contributed by atoms with Crippen LogP contribution in [0.15, 0.2) is 53.6 Å². The molecule has 0 radical (unpaired) electrons. The second-order valence-corrected chi connectivity index (χ2v) is 9.16. The molecule has 0 aliphatic carbocycles. The minimum absolute atomic E-state index is 0.255. The maximum atomic E-state index is 12.9. The van der Waals surface area contributed by atoms with E-state index in [4.69, 9.17) is 0 Å². The van der Waals surface area contributed by atoms with Gasteiger partial charge in [0, 0.05) is 34.4 Å². The Morgan fingerprint density at radius 1 is 1.09 bits per heavy atom. The lowest BCUT2D eigenvalue weighted by atomic mass is 10.1. The number of fused-ring (bicyclic) bond motifs is 1. The van der Waals surface area contributed by atoms with Gasteiger partial charge in [-0.25, -0.2) is 0 Å². The summed E-state index contributed by atoms with van der Waals surface area (Å²) in [5.41, 5.74) is 4.63. The van der Waals surface area contributed by atoms with Crippen LogP contribution < -0.4 is 5.32 Å². The highest BCUT2D eigenvalue weighted by molar-refractivity contribution is 8.18. The molecule has 2 aromatic carbocycles. The minimum atomic E-state index is -0.447. The average Bonchev–Trinajstić information content (AvgIpc) is 3.25. The van der Waals surface area contributed by atoms with Crippen molar-refractivity contribution >= 4 is 51.5 Å². The molecule has 0 unspecified atom stereocenters. The summed E-state index contributed by atoms with van der Waals surface area (Å²) in [7, 11) is 0. The van der Waals surface area contributed by atoms with E-state index in [1.807, 2.05) is 56.4 Å². The first-order valence-electron chi connectivity index (χ1n) is 10.5. The van der Waals surface area contributed by atoms with Gasteiger partial charge in [-0.15, -0.1) is 0 Å². The average molecular weight is 448 g/mol. The summed E-state index contributed by atoms with van der Waals surface area (Å²) in [6.07, 6.45) is 3.74. The van der Waals surface area contributed by atoms with Crippen LogP contribution in [0.25, 0.3) is 17.0 Å². The highest BCUT2D eigenvalue weighted by Gasteiger charge is 2.36. The molecule has 7 heteroatoms. The highest BCUT2D eigenvalue weighted by atomic mass is 32.2. The molecule has 0 spiro atoms. The number of aromatic nitrogens is 1. The van der Waals surface area contributed by atoms with Gasteiger partial charge in [0.15, 0.2) is 0 Å². The SMILES string of the molecule is Cc1cccc(NC(=O)CN2C(=O)S/C(=C/c3cn(C(C)C)c4ccccc34)C2=O)c1C. The minimum Gasteiger partial charge on any atom is -0.344 e.